The molecular formula is C21H20F3N5O4. The summed E-state index contributed by atoms with van der Waals surface area (Å²) < 4.78 is 50.2. The van der Waals surface area contributed by atoms with Crippen molar-refractivity contribution in [2.75, 3.05) is 31.7 Å². The molecule has 0 saturated carbocycles. The summed E-state index contributed by atoms with van der Waals surface area (Å²) in [4.78, 5) is 26.5. The Morgan fingerprint density at radius 3 is 2.58 bits per heavy atom. The third kappa shape index (κ3) is 4.89. The van der Waals surface area contributed by atoms with Gasteiger partial charge in [-0.05, 0) is 37.1 Å². The number of carbonyl (C=O) groups is 2. The smallest absolute Gasteiger partial charge is 0.453 e. The molecule has 0 aliphatic carbocycles. The molecule has 0 N–H and O–H groups in total. The van der Waals surface area contributed by atoms with Crippen molar-refractivity contribution in [1.82, 2.24) is 19.8 Å². The number of halogens is 3. The second kappa shape index (κ2) is 9.04. The molecule has 2 aromatic heterocycles. The Kier molecular flexibility index (Phi) is 6.16. The molecule has 3 heterocycles. The van der Waals surface area contributed by atoms with Crippen molar-refractivity contribution in [3.8, 4) is 5.75 Å². The van der Waals surface area contributed by atoms with Gasteiger partial charge in [0.05, 0.1) is 13.0 Å². The topological polar surface area (TPSA) is 98.9 Å². The zero-order valence-electron chi connectivity index (χ0n) is 17.6. The molecule has 9 nitrogen and oxygen atoms in total. The van der Waals surface area contributed by atoms with E-state index in [9.17, 15) is 22.8 Å². The number of Topliss-reactive ketones (excluding diaryl/α,β-unsaturated/α-hetero) is 1. The molecule has 0 spiro atoms. The standard InChI is InChI=1S/C21H20F3N5O4/c1-32-15-4-2-3-14(11-15)16(30)12-33-19(31)13-7-9-28(10-8-13)18-6-5-17-25-26-20(21(22,23)24)29(17)27-18/h2-6,11,13H,7-10,12H2,1H3. The van der Waals surface area contributed by atoms with Crippen LogP contribution < -0.4 is 9.64 Å². The molecule has 0 amide bonds. The van der Waals surface area contributed by atoms with Crippen LogP contribution in [0.5, 0.6) is 5.75 Å². The number of methoxy groups -OCH3 is 1. The quantitative estimate of drug-likeness (QED) is 0.407. The number of benzene rings is 1. The molecule has 0 unspecified atom stereocenters. The van der Waals surface area contributed by atoms with E-state index in [1.807, 2.05) is 0 Å². The number of piperidine rings is 1. The van der Waals surface area contributed by atoms with Crippen LogP contribution in [0.2, 0.25) is 0 Å². The summed E-state index contributed by atoms with van der Waals surface area (Å²) in [6.07, 6.45) is -3.84. The summed E-state index contributed by atoms with van der Waals surface area (Å²) in [5.74, 6) is -1.57. The van der Waals surface area contributed by atoms with Gasteiger partial charge in [0.15, 0.2) is 18.0 Å². The van der Waals surface area contributed by atoms with Crippen LogP contribution in [0, 0.1) is 5.92 Å². The van der Waals surface area contributed by atoms with Gasteiger partial charge in [-0.3, -0.25) is 9.59 Å². The van der Waals surface area contributed by atoms with Crippen molar-refractivity contribution >= 4 is 23.2 Å². The summed E-state index contributed by atoms with van der Waals surface area (Å²) >= 11 is 0. The molecule has 1 aromatic carbocycles. The van der Waals surface area contributed by atoms with Crippen LogP contribution in [-0.4, -0.2) is 58.4 Å². The van der Waals surface area contributed by atoms with E-state index >= 15 is 0 Å². The third-order valence-electron chi connectivity index (χ3n) is 5.39. The molecule has 1 saturated heterocycles. The number of anilines is 1. The fourth-order valence-corrected chi connectivity index (χ4v) is 3.60. The lowest BCUT2D eigenvalue weighted by Gasteiger charge is -2.31. The van der Waals surface area contributed by atoms with Gasteiger partial charge in [-0.1, -0.05) is 12.1 Å². The van der Waals surface area contributed by atoms with Crippen LogP contribution in [0.3, 0.4) is 0 Å². The summed E-state index contributed by atoms with van der Waals surface area (Å²) in [5.41, 5.74) is 0.371. The highest BCUT2D eigenvalue weighted by Gasteiger charge is 2.38. The minimum atomic E-state index is -4.68. The molecular weight excluding hydrogens is 443 g/mol. The second-order valence-corrected chi connectivity index (χ2v) is 7.51. The number of hydrogen-bond donors (Lipinski definition) is 0. The van der Waals surface area contributed by atoms with Crippen molar-refractivity contribution in [3.05, 3.63) is 47.8 Å². The highest BCUT2D eigenvalue weighted by Crippen LogP contribution is 2.29. The van der Waals surface area contributed by atoms with Crippen molar-refractivity contribution in [2.24, 2.45) is 5.92 Å². The van der Waals surface area contributed by atoms with Gasteiger partial charge in [0.1, 0.15) is 11.6 Å². The molecule has 33 heavy (non-hydrogen) atoms. The van der Waals surface area contributed by atoms with Crippen LogP contribution >= 0.6 is 0 Å². The number of carbonyl (C=O) groups excluding carboxylic acids is 2. The Balaban J connectivity index is 1.34. The SMILES string of the molecule is COc1cccc(C(=O)COC(=O)C2CCN(c3ccc4nnc(C(F)(F)F)n4n3)CC2)c1. The van der Waals surface area contributed by atoms with Crippen LogP contribution in [-0.2, 0) is 15.7 Å². The number of fused-ring (bicyclic) bond motifs is 1. The number of esters is 1. The summed E-state index contributed by atoms with van der Waals surface area (Å²) in [5, 5.41) is 10.7. The summed E-state index contributed by atoms with van der Waals surface area (Å²) in [6, 6.07) is 9.53. The van der Waals surface area contributed by atoms with Crippen LogP contribution in [0.15, 0.2) is 36.4 Å². The van der Waals surface area contributed by atoms with E-state index in [2.05, 4.69) is 15.3 Å². The minimum absolute atomic E-state index is 0.00904. The average molecular weight is 463 g/mol. The number of rotatable bonds is 6. The van der Waals surface area contributed by atoms with Gasteiger partial charge in [-0.15, -0.1) is 15.3 Å². The molecule has 3 aromatic rings. The first-order valence-electron chi connectivity index (χ1n) is 10.1. The van der Waals surface area contributed by atoms with E-state index in [4.69, 9.17) is 9.47 Å². The average Bonchev–Trinajstić information content (AvgIpc) is 3.26. The Morgan fingerprint density at radius 2 is 1.88 bits per heavy atom. The van der Waals surface area contributed by atoms with Gasteiger partial charge in [0.2, 0.25) is 0 Å². The van der Waals surface area contributed by atoms with E-state index in [1.165, 1.54) is 13.2 Å². The van der Waals surface area contributed by atoms with Gasteiger partial charge in [0.25, 0.3) is 5.82 Å². The molecule has 0 bridgehead atoms. The lowest BCUT2D eigenvalue weighted by Crippen LogP contribution is -2.38. The normalized spacial score (nSPS) is 15.0. The van der Waals surface area contributed by atoms with Crippen LogP contribution in [0.25, 0.3) is 5.65 Å². The first-order chi connectivity index (χ1) is 15.8. The number of aromatic nitrogens is 4. The maximum absolute atomic E-state index is 13.1. The molecule has 4 rings (SSSR count). The van der Waals surface area contributed by atoms with Gasteiger partial charge >= 0.3 is 12.1 Å². The summed E-state index contributed by atoms with van der Waals surface area (Å²) in [7, 11) is 1.49. The highest BCUT2D eigenvalue weighted by atomic mass is 19.4. The highest BCUT2D eigenvalue weighted by molar-refractivity contribution is 5.98. The van der Waals surface area contributed by atoms with Gasteiger partial charge in [0, 0.05) is 18.7 Å². The predicted octanol–water partition coefficient (Wildman–Crippen LogP) is 2.79. The number of alkyl halides is 3. The molecule has 0 atom stereocenters. The fraction of sp³-hybridized carbons (Fsp3) is 0.381. The largest absolute Gasteiger partial charge is 0.497 e. The summed E-state index contributed by atoms with van der Waals surface area (Å²) in [6.45, 7) is 0.412. The van der Waals surface area contributed by atoms with Gasteiger partial charge in [-0.2, -0.15) is 17.7 Å². The second-order valence-electron chi connectivity index (χ2n) is 7.51. The van der Waals surface area contributed by atoms with Crippen LogP contribution in [0.1, 0.15) is 29.0 Å². The Morgan fingerprint density at radius 1 is 1.12 bits per heavy atom. The predicted molar refractivity (Wildman–Crippen MR) is 109 cm³/mol. The van der Waals surface area contributed by atoms with E-state index < -0.39 is 23.9 Å². The zero-order valence-corrected chi connectivity index (χ0v) is 17.6. The number of hydrogen-bond acceptors (Lipinski definition) is 8. The molecule has 1 fully saturated rings. The Hall–Kier alpha value is -3.70. The third-order valence-corrected chi connectivity index (χ3v) is 5.39. The number of ether oxygens (including phenoxy) is 2. The van der Waals surface area contributed by atoms with E-state index in [-0.39, 0.29) is 18.0 Å². The van der Waals surface area contributed by atoms with Crippen molar-refractivity contribution < 1.29 is 32.2 Å². The first-order valence-corrected chi connectivity index (χ1v) is 10.1. The van der Waals surface area contributed by atoms with E-state index in [0.717, 1.165) is 0 Å². The van der Waals surface area contributed by atoms with E-state index in [1.54, 1.807) is 35.2 Å². The first kappa shape index (κ1) is 22.5. The molecule has 0 radical (unpaired) electrons. The van der Waals surface area contributed by atoms with Crippen LogP contribution in [0.4, 0.5) is 19.0 Å². The lowest BCUT2D eigenvalue weighted by atomic mass is 9.97. The van der Waals surface area contributed by atoms with Gasteiger partial charge in [-0.25, -0.2) is 0 Å². The molecule has 174 valence electrons. The molecule has 1 aliphatic rings. The van der Waals surface area contributed by atoms with Crippen molar-refractivity contribution in [2.45, 2.75) is 19.0 Å². The molecule has 1 aliphatic heterocycles. The number of ketones is 1. The fourth-order valence-electron chi connectivity index (χ4n) is 3.60. The van der Waals surface area contributed by atoms with Gasteiger partial charge < -0.3 is 14.4 Å². The molecule has 12 heteroatoms. The zero-order chi connectivity index (χ0) is 23.6. The Labute approximate surface area is 186 Å². The van der Waals surface area contributed by atoms with Crippen molar-refractivity contribution in [1.29, 1.82) is 0 Å². The van der Waals surface area contributed by atoms with Crippen molar-refractivity contribution in [3.63, 3.8) is 0 Å². The minimum Gasteiger partial charge on any atom is -0.497 e. The monoisotopic (exact) mass is 463 g/mol. The Bertz CT molecular complexity index is 1170. The number of nitrogens with zero attached hydrogens (tertiary/aromatic N) is 5. The maximum Gasteiger partial charge on any atom is 0.453 e. The van der Waals surface area contributed by atoms with E-state index in [0.29, 0.717) is 47.6 Å². The maximum atomic E-state index is 13.1. The lowest BCUT2D eigenvalue weighted by molar-refractivity contribution is -0.148.